The number of carbonyl (C=O) groups is 1. The van der Waals surface area contributed by atoms with Gasteiger partial charge in [0.2, 0.25) is 0 Å². The van der Waals surface area contributed by atoms with Crippen LogP contribution in [0.1, 0.15) is 26.7 Å². The fraction of sp³-hybridized carbons (Fsp3) is 0.500. The minimum atomic E-state index is -0.266. The van der Waals surface area contributed by atoms with Crippen molar-refractivity contribution in [3.63, 3.8) is 0 Å². The van der Waals surface area contributed by atoms with Gasteiger partial charge in [0.05, 0.1) is 12.0 Å². The van der Waals surface area contributed by atoms with E-state index in [1.807, 2.05) is 6.07 Å². The van der Waals surface area contributed by atoms with Crippen LogP contribution in [0.4, 0.5) is 5.82 Å². The lowest BCUT2D eigenvalue weighted by Gasteiger charge is -2.55. The van der Waals surface area contributed by atoms with Gasteiger partial charge in [0, 0.05) is 42.6 Å². The number of carbonyl (C=O) groups excluding carboxylic acids is 1. The van der Waals surface area contributed by atoms with Crippen LogP contribution < -0.4 is 10.2 Å². The van der Waals surface area contributed by atoms with Crippen molar-refractivity contribution < 1.29 is 4.79 Å². The molecule has 1 spiro atoms. The van der Waals surface area contributed by atoms with Crippen molar-refractivity contribution in [2.75, 3.05) is 24.5 Å². The largest absolute Gasteiger partial charge is 0.354 e. The number of anilines is 1. The molecule has 7 nitrogen and oxygen atoms in total. The number of fused-ring (bicyclic) bond motifs is 2. The predicted octanol–water partition coefficient (Wildman–Crippen LogP) is 2.21. The Morgan fingerprint density at radius 3 is 2.84 bits per heavy atom. The van der Waals surface area contributed by atoms with Crippen molar-refractivity contribution in [1.82, 2.24) is 15.3 Å². The molecule has 1 saturated heterocycles. The van der Waals surface area contributed by atoms with Crippen LogP contribution in [0, 0.1) is 10.8 Å². The second-order valence-electron chi connectivity index (χ2n) is 8.15. The van der Waals surface area contributed by atoms with Crippen LogP contribution >= 0.6 is 0 Å². The number of dihydropyridines is 1. The smallest absolute Gasteiger partial charge is 0.162 e. The van der Waals surface area contributed by atoms with Gasteiger partial charge in [-0.1, -0.05) is 13.8 Å². The number of azo groups is 1. The summed E-state index contributed by atoms with van der Waals surface area (Å²) in [5, 5.41) is 11.9. The van der Waals surface area contributed by atoms with Crippen molar-refractivity contribution in [2.45, 2.75) is 26.7 Å². The lowest BCUT2D eigenvalue weighted by Crippen LogP contribution is -2.63. The number of hydrogen-bond donors (Lipinski definition) is 1. The van der Waals surface area contributed by atoms with Gasteiger partial charge in [-0.05, 0) is 17.9 Å². The number of Topliss-reactive ketones (excluding diaryl/α,β-unsaturated/α-hetero) is 1. The van der Waals surface area contributed by atoms with E-state index in [0.29, 0.717) is 13.0 Å². The molecule has 4 heterocycles. The lowest BCUT2D eigenvalue weighted by atomic mass is 9.60. The number of nitrogens with zero attached hydrogens (tertiary/aromatic N) is 5. The van der Waals surface area contributed by atoms with Gasteiger partial charge in [0.1, 0.15) is 12.1 Å². The summed E-state index contributed by atoms with van der Waals surface area (Å²) in [4.78, 5) is 23.6. The molecule has 128 valence electrons. The average molecular weight is 336 g/mol. The summed E-state index contributed by atoms with van der Waals surface area (Å²) in [5.41, 5.74) is 2.88. The van der Waals surface area contributed by atoms with Gasteiger partial charge in [0.25, 0.3) is 0 Å². The molecule has 1 aromatic heterocycles. The van der Waals surface area contributed by atoms with Crippen LogP contribution in [-0.2, 0) is 4.79 Å². The molecule has 0 aromatic carbocycles. The number of rotatable bonds is 1. The molecule has 0 unspecified atom stereocenters. The first kappa shape index (κ1) is 14.7. The summed E-state index contributed by atoms with van der Waals surface area (Å²) in [5.74, 6) is 2.02. The Kier molecular flexibility index (Phi) is 2.80. The SMILES string of the molecule is CC1(C)CC(=O)C2=C(C1)NC1=C(CN=N1)C21CN(c2ccncn2)C1. The second kappa shape index (κ2) is 4.74. The normalized spacial score (nSPS) is 25.7. The molecule has 0 atom stereocenters. The number of ketones is 1. The van der Waals surface area contributed by atoms with Gasteiger partial charge in [-0.15, -0.1) is 5.11 Å². The fourth-order valence-corrected chi connectivity index (χ4v) is 4.65. The Morgan fingerprint density at radius 1 is 1.24 bits per heavy atom. The van der Waals surface area contributed by atoms with Crippen LogP contribution in [0.15, 0.2) is 51.5 Å². The van der Waals surface area contributed by atoms with E-state index in [0.717, 1.165) is 48.0 Å². The third-order valence-electron chi connectivity index (χ3n) is 5.70. The summed E-state index contributed by atoms with van der Waals surface area (Å²) in [6, 6.07) is 1.91. The lowest BCUT2D eigenvalue weighted by molar-refractivity contribution is -0.119. The Bertz CT molecular complexity index is 861. The molecule has 1 aliphatic carbocycles. The second-order valence-corrected chi connectivity index (χ2v) is 8.15. The Hall–Kier alpha value is -2.57. The van der Waals surface area contributed by atoms with Gasteiger partial charge in [-0.2, -0.15) is 5.11 Å². The molecular formula is C18H20N6O. The van der Waals surface area contributed by atoms with Crippen molar-refractivity contribution in [1.29, 1.82) is 0 Å². The maximum absolute atomic E-state index is 13.1. The Morgan fingerprint density at radius 2 is 2.08 bits per heavy atom. The first-order valence-corrected chi connectivity index (χ1v) is 8.65. The van der Waals surface area contributed by atoms with Crippen LogP contribution in [-0.4, -0.2) is 35.4 Å². The van der Waals surface area contributed by atoms with E-state index in [2.05, 4.69) is 44.3 Å². The van der Waals surface area contributed by atoms with Crippen LogP contribution in [0.2, 0.25) is 0 Å². The number of aromatic nitrogens is 2. The highest BCUT2D eigenvalue weighted by Gasteiger charge is 2.57. The zero-order chi connectivity index (χ0) is 17.2. The maximum atomic E-state index is 13.1. The number of allylic oxidation sites excluding steroid dienone is 1. The Labute approximate surface area is 145 Å². The first-order valence-electron chi connectivity index (χ1n) is 8.65. The van der Waals surface area contributed by atoms with E-state index in [4.69, 9.17) is 0 Å². The molecule has 1 N–H and O–H groups in total. The zero-order valence-electron chi connectivity index (χ0n) is 14.4. The maximum Gasteiger partial charge on any atom is 0.162 e. The molecule has 0 radical (unpaired) electrons. The molecule has 4 aliphatic rings. The van der Waals surface area contributed by atoms with Crippen molar-refractivity contribution in [2.24, 2.45) is 21.1 Å². The molecule has 3 aliphatic heterocycles. The standard InChI is InChI=1S/C18H20N6O/c1-17(2)5-12-15(13(25)6-17)18(11-7-21-23-16(11)22-12)8-24(9-18)14-3-4-19-10-20-14/h3-4,10,22H,5-9H2,1-2H3. The van der Waals surface area contributed by atoms with E-state index in [-0.39, 0.29) is 16.6 Å². The van der Waals surface area contributed by atoms with Crippen LogP contribution in [0.5, 0.6) is 0 Å². The van der Waals surface area contributed by atoms with E-state index in [1.54, 1.807) is 12.5 Å². The molecule has 7 heteroatoms. The topological polar surface area (TPSA) is 82.8 Å². The molecule has 0 saturated carbocycles. The minimum absolute atomic E-state index is 0.0198. The third-order valence-corrected chi connectivity index (χ3v) is 5.70. The van der Waals surface area contributed by atoms with E-state index in [9.17, 15) is 4.79 Å². The predicted molar refractivity (Wildman–Crippen MR) is 91.6 cm³/mol. The highest BCUT2D eigenvalue weighted by molar-refractivity contribution is 6.00. The summed E-state index contributed by atoms with van der Waals surface area (Å²) >= 11 is 0. The molecule has 5 rings (SSSR count). The van der Waals surface area contributed by atoms with Gasteiger partial charge in [0.15, 0.2) is 11.6 Å². The minimum Gasteiger partial charge on any atom is -0.354 e. The summed E-state index contributed by atoms with van der Waals surface area (Å²) in [6.45, 7) is 6.38. The molecule has 25 heavy (non-hydrogen) atoms. The monoisotopic (exact) mass is 336 g/mol. The molecular weight excluding hydrogens is 316 g/mol. The van der Waals surface area contributed by atoms with Crippen molar-refractivity contribution in [3.05, 3.63) is 41.3 Å². The van der Waals surface area contributed by atoms with Gasteiger partial charge < -0.3 is 10.2 Å². The zero-order valence-corrected chi connectivity index (χ0v) is 14.4. The van der Waals surface area contributed by atoms with Crippen molar-refractivity contribution in [3.8, 4) is 0 Å². The summed E-state index contributed by atoms with van der Waals surface area (Å²) < 4.78 is 0. The molecule has 1 aromatic rings. The number of nitrogens with one attached hydrogen (secondary N) is 1. The summed E-state index contributed by atoms with van der Waals surface area (Å²) in [7, 11) is 0. The molecule has 1 fully saturated rings. The van der Waals surface area contributed by atoms with E-state index in [1.165, 1.54) is 0 Å². The highest BCUT2D eigenvalue weighted by Crippen LogP contribution is 2.54. The molecule has 0 bridgehead atoms. The van der Waals surface area contributed by atoms with Crippen molar-refractivity contribution >= 4 is 11.6 Å². The fourth-order valence-electron chi connectivity index (χ4n) is 4.65. The van der Waals surface area contributed by atoms with Gasteiger partial charge in [-0.3, -0.25) is 4.79 Å². The van der Waals surface area contributed by atoms with Crippen LogP contribution in [0.3, 0.4) is 0 Å². The highest BCUT2D eigenvalue weighted by atomic mass is 16.1. The van der Waals surface area contributed by atoms with Crippen LogP contribution in [0.25, 0.3) is 0 Å². The summed E-state index contributed by atoms with van der Waals surface area (Å²) in [6.07, 6.45) is 4.78. The Balaban J connectivity index is 1.56. The third kappa shape index (κ3) is 2.01. The van der Waals surface area contributed by atoms with E-state index >= 15 is 0 Å². The molecule has 0 amide bonds. The average Bonchev–Trinajstić information content (AvgIpc) is 2.98. The quantitative estimate of drug-likeness (QED) is 0.850. The first-order chi connectivity index (χ1) is 12.0. The van der Waals surface area contributed by atoms with Gasteiger partial charge in [-0.25, -0.2) is 9.97 Å². The van der Waals surface area contributed by atoms with E-state index < -0.39 is 0 Å². The van der Waals surface area contributed by atoms with Gasteiger partial charge >= 0.3 is 0 Å². The number of hydrogen-bond acceptors (Lipinski definition) is 7.